The molecule has 0 saturated carbocycles. The van der Waals surface area contributed by atoms with Crippen LogP contribution in [0.25, 0.3) is 0 Å². The molecular formula is C15H21FN4. The molecular weight excluding hydrogens is 255 g/mol. The van der Waals surface area contributed by atoms with Gasteiger partial charge < -0.3 is 5.32 Å². The van der Waals surface area contributed by atoms with E-state index in [1.165, 1.54) is 12.1 Å². The van der Waals surface area contributed by atoms with Crippen LogP contribution < -0.4 is 5.32 Å². The summed E-state index contributed by atoms with van der Waals surface area (Å²) in [4.78, 5) is 4.33. The maximum atomic E-state index is 12.9. The first-order chi connectivity index (χ1) is 9.72. The van der Waals surface area contributed by atoms with E-state index in [1.54, 1.807) is 6.33 Å². The Morgan fingerprint density at radius 3 is 2.65 bits per heavy atom. The number of nitrogens with one attached hydrogen (secondary N) is 1. The third kappa shape index (κ3) is 3.87. The minimum Gasteiger partial charge on any atom is -0.316 e. The lowest BCUT2D eigenvalue weighted by atomic mass is 10.0. The number of aromatic nitrogens is 3. The summed E-state index contributed by atoms with van der Waals surface area (Å²) >= 11 is 0. The molecule has 1 N–H and O–H groups in total. The number of benzene rings is 1. The van der Waals surface area contributed by atoms with E-state index >= 15 is 0 Å². The monoisotopic (exact) mass is 276 g/mol. The summed E-state index contributed by atoms with van der Waals surface area (Å²) in [6, 6.07) is 6.93. The Morgan fingerprint density at radius 1 is 1.25 bits per heavy atom. The Morgan fingerprint density at radius 2 is 2.00 bits per heavy atom. The predicted octanol–water partition coefficient (Wildman–Crippen LogP) is 2.20. The van der Waals surface area contributed by atoms with Crippen LogP contribution in [0.15, 0.2) is 30.6 Å². The van der Waals surface area contributed by atoms with Crippen molar-refractivity contribution in [2.24, 2.45) is 0 Å². The van der Waals surface area contributed by atoms with Gasteiger partial charge in [0.15, 0.2) is 0 Å². The topological polar surface area (TPSA) is 42.7 Å². The average Bonchev–Trinajstić information content (AvgIpc) is 2.88. The Bertz CT molecular complexity index is 521. The van der Waals surface area contributed by atoms with Gasteiger partial charge in [-0.3, -0.25) is 4.68 Å². The van der Waals surface area contributed by atoms with Crippen LogP contribution in [0.2, 0.25) is 0 Å². The smallest absolute Gasteiger partial charge is 0.138 e. The molecule has 0 fully saturated rings. The molecule has 2 rings (SSSR count). The van der Waals surface area contributed by atoms with Gasteiger partial charge in [0.05, 0.1) is 0 Å². The average molecular weight is 276 g/mol. The molecule has 5 heteroatoms. The summed E-state index contributed by atoms with van der Waals surface area (Å²) in [5.74, 6) is 0.797. The molecule has 0 aliphatic rings. The van der Waals surface area contributed by atoms with Gasteiger partial charge in [-0.25, -0.2) is 9.37 Å². The molecule has 1 aromatic carbocycles. The van der Waals surface area contributed by atoms with Gasteiger partial charge in [0.1, 0.15) is 18.0 Å². The highest BCUT2D eigenvalue weighted by molar-refractivity contribution is 5.17. The highest BCUT2D eigenvalue weighted by Crippen LogP contribution is 2.09. The Kier molecular flexibility index (Phi) is 5.24. The first-order valence-corrected chi connectivity index (χ1v) is 7.01. The van der Waals surface area contributed by atoms with Gasteiger partial charge in [0, 0.05) is 19.0 Å². The number of hydrogen-bond acceptors (Lipinski definition) is 3. The molecule has 1 atom stereocenters. The van der Waals surface area contributed by atoms with Crippen molar-refractivity contribution in [3.63, 3.8) is 0 Å². The van der Waals surface area contributed by atoms with Crippen LogP contribution >= 0.6 is 0 Å². The lowest BCUT2D eigenvalue weighted by Gasteiger charge is -2.16. The Balaban J connectivity index is 2.01. The van der Waals surface area contributed by atoms with E-state index in [9.17, 15) is 4.39 Å². The van der Waals surface area contributed by atoms with Crippen molar-refractivity contribution in [2.45, 2.75) is 38.8 Å². The van der Waals surface area contributed by atoms with Crippen LogP contribution in [0.3, 0.4) is 0 Å². The fourth-order valence-corrected chi connectivity index (χ4v) is 2.25. The first-order valence-electron chi connectivity index (χ1n) is 7.01. The fraction of sp³-hybridized carbons (Fsp3) is 0.467. The second-order valence-corrected chi connectivity index (χ2v) is 4.92. The number of rotatable bonds is 7. The molecule has 20 heavy (non-hydrogen) atoms. The molecule has 0 amide bonds. The highest BCUT2D eigenvalue weighted by Gasteiger charge is 2.13. The molecule has 2 aromatic rings. The van der Waals surface area contributed by atoms with E-state index in [4.69, 9.17) is 0 Å². The first kappa shape index (κ1) is 14.7. The van der Waals surface area contributed by atoms with Crippen molar-refractivity contribution in [1.82, 2.24) is 20.1 Å². The molecule has 0 aliphatic carbocycles. The van der Waals surface area contributed by atoms with E-state index < -0.39 is 0 Å². The van der Waals surface area contributed by atoms with Crippen molar-refractivity contribution in [3.05, 3.63) is 47.8 Å². The van der Waals surface area contributed by atoms with Crippen molar-refractivity contribution in [3.8, 4) is 0 Å². The van der Waals surface area contributed by atoms with E-state index in [0.29, 0.717) is 0 Å². The number of aryl methyl sites for hydroxylation is 1. The molecule has 0 radical (unpaired) electrons. The molecule has 0 aliphatic heterocycles. The summed E-state index contributed by atoms with van der Waals surface area (Å²) in [5, 5.41) is 7.54. The molecule has 1 heterocycles. The molecule has 108 valence electrons. The van der Waals surface area contributed by atoms with Gasteiger partial charge >= 0.3 is 0 Å². The normalized spacial score (nSPS) is 12.6. The van der Waals surface area contributed by atoms with Crippen molar-refractivity contribution >= 4 is 0 Å². The molecule has 0 bridgehead atoms. The Hall–Kier alpha value is -1.75. The van der Waals surface area contributed by atoms with Crippen molar-refractivity contribution < 1.29 is 4.39 Å². The van der Waals surface area contributed by atoms with Crippen LogP contribution in [-0.2, 0) is 19.4 Å². The summed E-state index contributed by atoms with van der Waals surface area (Å²) in [5.41, 5.74) is 1.12. The van der Waals surface area contributed by atoms with Gasteiger partial charge in [-0.1, -0.05) is 19.1 Å². The third-order valence-corrected chi connectivity index (χ3v) is 3.36. The maximum Gasteiger partial charge on any atom is 0.138 e. The molecule has 4 nitrogen and oxygen atoms in total. The molecule has 1 unspecified atom stereocenters. The largest absolute Gasteiger partial charge is 0.316 e. The van der Waals surface area contributed by atoms with E-state index in [-0.39, 0.29) is 11.9 Å². The predicted molar refractivity (Wildman–Crippen MR) is 77.0 cm³/mol. The number of nitrogens with zero attached hydrogens (tertiary/aromatic N) is 3. The SMILES string of the molecule is CCCn1ncnc1CC(Cc1ccc(F)cc1)NC. The summed E-state index contributed by atoms with van der Waals surface area (Å²) in [7, 11) is 1.94. The maximum absolute atomic E-state index is 12.9. The van der Waals surface area contributed by atoms with Gasteiger partial charge in [0.2, 0.25) is 0 Å². The van der Waals surface area contributed by atoms with Crippen LogP contribution in [0, 0.1) is 5.82 Å². The van der Waals surface area contributed by atoms with Gasteiger partial charge in [-0.15, -0.1) is 0 Å². The van der Waals surface area contributed by atoms with Gasteiger partial charge in [-0.2, -0.15) is 5.10 Å². The lowest BCUT2D eigenvalue weighted by Crippen LogP contribution is -2.31. The minimum absolute atomic E-state index is 0.197. The van der Waals surface area contributed by atoms with Crippen LogP contribution in [0.1, 0.15) is 24.7 Å². The van der Waals surface area contributed by atoms with Crippen molar-refractivity contribution in [2.75, 3.05) is 7.05 Å². The summed E-state index contributed by atoms with van der Waals surface area (Å²) < 4.78 is 14.9. The van der Waals surface area contributed by atoms with E-state index in [1.807, 2.05) is 23.9 Å². The number of halogens is 1. The second-order valence-electron chi connectivity index (χ2n) is 4.92. The summed E-state index contributed by atoms with van der Waals surface area (Å²) in [6.07, 6.45) is 4.30. The number of hydrogen-bond donors (Lipinski definition) is 1. The van der Waals surface area contributed by atoms with Gasteiger partial charge in [0.25, 0.3) is 0 Å². The fourth-order valence-electron chi connectivity index (χ4n) is 2.25. The van der Waals surface area contributed by atoms with Crippen LogP contribution in [-0.4, -0.2) is 27.9 Å². The lowest BCUT2D eigenvalue weighted by molar-refractivity contribution is 0.501. The van der Waals surface area contributed by atoms with E-state index in [0.717, 1.165) is 37.2 Å². The standard InChI is InChI=1S/C15H21FN4/c1-3-8-20-15(18-11-19-20)10-14(17-2)9-12-4-6-13(16)7-5-12/h4-7,11,14,17H,3,8-10H2,1-2H3. The summed E-state index contributed by atoms with van der Waals surface area (Å²) in [6.45, 7) is 3.02. The van der Waals surface area contributed by atoms with Crippen molar-refractivity contribution in [1.29, 1.82) is 0 Å². The Labute approximate surface area is 119 Å². The quantitative estimate of drug-likeness (QED) is 0.843. The zero-order valence-electron chi connectivity index (χ0n) is 12.0. The van der Waals surface area contributed by atoms with Crippen LogP contribution in [0.4, 0.5) is 4.39 Å². The molecule has 0 spiro atoms. The molecule has 0 saturated heterocycles. The molecule has 1 aromatic heterocycles. The number of likely N-dealkylation sites (N-methyl/N-ethyl adjacent to an activating group) is 1. The second kappa shape index (κ2) is 7.14. The van der Waals surface area contributed by atoms with E-state index in [2.05, 4.69) is 22.3 Å². The third-order valence-electron chi connectivity index (χ3n) is 3.36. The van der Waals surface area contributed by atoms with Crippen LogP contribution in [0.5, 0.6) is 0 Å². The highest BCUT2D eigenvalue weighted by atomic mass is 19.1. The van der Waals surface area contributed by atoms with Gasteiger partial charge in [-0.05, 0) is 37.6 Å². The zero-order valence-corrected chi connectivity index (χ0v) is 12.0. The minimum atomic E-state index is -0.197. The zero-order chi connectivity index (χ0) is 14.4.